The summed E-state index contributed by atoms with van der Waals surface area (Å²) in [6.07, 6.45) is 0. The van der Waals surface area contributed by atoms with Crippen molar-refractivity contribution in [2.75, 3.05) is 9.80 Å². The van der Waals surface area contributed by atoms with Crippen molar-refractivity contribution >= 4 is 34.1 Å². The van der Waals surface area contributed by atoms with E-state index in [1.165, 1.54) is 67.0 Å². The Morgan fingerprint density at radius 1 is 0.426 bits per heavy atom. The fourth-order valence-electron chi connectivity index (χ4n) is 10.3. The van der Waals surface area contributed by atoms with Crippen LogP contribution in [0.2, 0.25) is 0 Å². The van der Waals surface area contributed by atoms with E-state index in [1.54, 1.807) is 0 Å². The van der Waals surface area contributed by atoms with E-state index in [2.05, 4.69) is 197 Å². The minimum atomic E-state index is -0.347. The number of ether oxygens (including phenoxy) is 1. The van der Waals surface area contributed by atoms with E-state index in [1.807, 2.05) is 0 Å². The molecule has 54 heavy (non-hydrogen) atoms. The topological polar surface area (TPSA) is 15.7 Å². The maximum Gasteiger partial charge on any atom is 0.151 e. The van der Waals surface area contributed by atoms with Crippen LogP contribution in [0.4, 0.5) is 34.1 Å². The quantitative estimate of drug-likeness (QED) is 0.183. The molecule has 0 atom stereocenters. The summed E-state index contributed by atoms with van der Waals surface area (Å²) in [6, 6.07) is 54.0. The molecule has 262 valence electrons. The second kappa shape index (κ2) is 10.5. The first-order chi connectivity index (χ1) is 26.1. The maximum atomic E-state index is 6.57. The minimum Gasteiger partial charge on any atom is -0.453 e. The van der Waals surface area contributed by atoms with Gasteiger partial charge in [0.2, 0.25) is 0 Å². The highest BCUT2D eigenvalue weighted by atomic mass is 16.5. The van der Waals surface area contributed by atoms with Gasteiger partial charge in [0.1, 0.15) is 0 Å². The first kappa shape index (κ1) is 31.5. The first-order valence-corrected chi connectivity index (χ1v) is 19.2. The predicted molar refractivity (Wildman–Crippen MR) is 223 cm³/mol. The molecular weight excluding hydrogens is 657 g/mol. The molecule has 0 fully saturated rings. The lowest BCUT2D eigenvalue weighted by atomic mass is 9.72. The van der Waals surface area contributed by atoms with E-state index in [4.69, 9.17) is 4.74 Å². The molecule has 0 amide bonds. The van der Waals surface area contributed by atoms with E-state index in [0.717, 1.165) is 34.2 Å². The summed E-state index contributed by atoms with van der Waals surface area (Å²) in [6.45, 7) is 14.3. The van der Waals surface area contributed by atoms with Gasteiger partial charge in [-0.2, -0.15) is 0 Å². The molecule has 0 bridgehead atoms. The minimum absolute atomic E-state index is 0.128. The summed E-state index contributed by atoms with van der Waals surface area (Å²) in [5, 5.41) is 0. The molecule has 2 aliphatic heterocycles. The maximum absolute atomic E-state index is 6.57. The molecule has 0 aromatic heterocycles. The molecule has 0 unspecified atom stereocenters. The van der Waals surface area contributed by atoms with Gasteiger partial charge >= 0.3 is 0 Å². The molecule has 11 rings (SSSR count). The van der Waals surface area contributed by atoms with Crippen molar-refractivity contribution in [3.05, 3.63) is 179 Å². The van der Waals surface area contributed by atoms with Crippen LogP contribution in [0.15, 0.2) is 146 Å². The van der Waals surface area contributed by atoms with Crippen LogP contribution >= 0.6 is 0 Å². The Balaban J connectivity index is 1.19. The van der Waals surface area contributed by atoms with Crippen molar-refractivity contribution in [2.24, 2.45) is 0 Å². The van der Waals surface area contributed by atoms with Crippen molar-refractivity contribution in [2.45, 2.75) is 57.8 Å². The largest absolute Gasteiger partial charge is 0.453 e. The van der Waals surface area contributed by atoms with Crippen LogP contribution in [-0.2, 0) is 16.2 Å². The standard InChI is InChI=1S/C51H42N2O/c1-49(2)37-17-9-7-15-33(37)35-27-25-31(29-40(35)49)52(32-26-28-36-34-16-8-10-18-38(34)50(3,4)41(36)30-32)43-21-14-22-44-47(43)51(5,6)39-19-13-24-46-48(39)53(44)42-20-11-12-23-45(42)54-46/h7-30H,1-6H3. The number of hydrogen-bond donors (Lipinski definition) is 0. The molecule has 0 spiro atoms. The van der Waals surface area contributed by atoms with Crippen LogP contribution < -0.4 is 14.5 Å². The third-order valence-corrected chi connectivity index (χ3v) is 13.0. The molecule has 0 N–H and O–H groups in total. The zero-order chi connectivity index (χ0) is 36.7. The van der Waals surface area contributed by atoms with E-state index in [0.29, 0.717) is 0 Å². The summed E-state index contributed by atoms with van der Waals surface area (Å²) in [5.41, 5.74) is 19.6. The van der Waals surface area contributed by atoms with Crippen LogP contribution in [0.1, 0.15) is 74.9 Å². The van der Waals surface area contributed by atoms with Gasteiger partial charge in [0, 0.05) is 33.2 Å². The summed E-state index contributed by atoms with van der Waals surface area (Å²) < 4.78 is 6.57. The Labute approximate surface area is 318 Å². The van der Waals surface area contributed by atoms with Gasteiger partial charge in [-0.1, -0.05) is 133 Å². The summed E-state index contributed by atoms with van der Waals surface area (Å²) >= 11 is 0. The molecular formula is C51H42N2O. The summed E-state index contributed by atoms with van der Waals surface area (Å²) in [7, 11) is 0. The first-order valence-electron chi connectivity index (χ1n) is 19.2. The number of fused-ring (bicyclic) bond motifs is 10. The van der Waals surface area contributed by atoms with Gasteiger partial charge in [0.05, 0.1) is 22.7 Å². The van der Waals surface area contributed by atoms with Gasteiger partial charge < -0.3 is 14.5 Å². The number of rotatable bonds is 3. The predicted octanol–water partition coefficient (Wildman–Crippen LogP) is 14.0. The molecule has 2 heterocycles. The van der Waals surface area contributed by atoms with Gasteiger partial charge in [-0.25, -0.2) is 0 Å². The Morgan fingerprint density at radius 3 is 1.57 bits per heavy atom. The highest BCUT2D eigenvalue weighted by Crippen LogP contribution is 2.62. The van der Waals surface area contributed by atoms with E-state index in [9.17, 15) is 0 Å². The average molecular weight is 699 g/mol. The van der Waals surface area contributed by atoms with Gasteiger partial charge in [-0.3, -0.25) is 0 Å². The SMILES string of the molecule is CC1(C)c2ccccc2-c2ccc(N(c3ccc4c(c3)C(C)(C)c3ccccc3-4)c3cccc4c3C(C)(C)c3cccc5c3N4c3ccccc3O5)cc21. The van der Waals surface area contributed by atoms with Gasteiger partial charge in [0.15, 0.2) is 11.5 Å². The Morgan fingerprint density at radius 2 is 0.926 bits per heavy atom. The van der Waals surface area contributed by atoms with Gasteiger partial charge in [-0.05, 0) is 105 Å². The van der Waals surface area contributed by atoms with Crippen molar-refractivity contribution in [3.63, 3.8) is 0 Å². The van der Waals surface area contributed by atoms with Crippen LogP contribution in [0.3, 0.4) is 0 Å². The van der Waals surface area contributed by atoms with Crippen molar-refractivity contribution < 1.29 is 4.74 Å². The van der Waals surface area contributed by atoms with Crippen LogP contribution in [0.25, 0.3) is 22.3 Å². The second-order valence-corrected chi connectivity index (χ2v) is 17.0. The molecule has 0 saturated carbocycles. The number of hydrogen-bond acceptors (Lipinski definition) is 3. The number of nitrogens with zero attached hydrogens (tertiary/aromatic N) is 2. The van der Waals surface area contributed by atoms with E-state index >= 15 is 0 Å². The van der Waals surface area contributed by atoms with Crippen LogP contribution in [0.5, 0.6) is 11.5 Å². The van der Waals surface area contributed by atoms with E-state index < -0.39 is 0 Å². The smallest absolute Gasteiger partial charge is 0.151 e. The summed E-state index contributed by atoms with van der Waals surface area (Å²) in [4.78, 5) is 4.98. The lowest BCUT2D eigenvalue weighted by Gasteiger charge is -2.46. The zero-order valence-corrected chi connectivity index (χ0v) is 31.7. The molecule has 3 heteroatoms. The molecule has 0 radical (unpaired) electrons. The molecule has 3 nitrogen and oxygen atoms in total. The number of anilines is 6. The lowest BCUT2D eigenvalue weighted by Crippen LogP contribution is -2.34. The lowest BCUT2D eigenvalue weighted by molar-refractivity contribution is 0.471. The van der Waals surface area contributed by atoms with E-state index in [-0.39, 0.29) is 16.2 Å². The molecule has 0 saturated heterocycles. The van der Waals surface area contributed by atoms with Crippen LogP contribution in [-0.4, -0.2) is 0 Å². The van der Waals surface area contributed by atoms with Crippen molar-refractivity contribution in [3.8, 4) is 33.8 Å². The normalized spacial score (nSPS) is 16.5. The highest BCUT2D eigenvalue weighted by Gasteiger charge is 2.44. The Hall–Kier alpha value is -6.06. The van der Waals surface area contributed by atoms with Crippen molar-refractivity contribution in [1.82, 2.24) is 0 Å². The van der Waals surface area contributed by atoms with Crippen LogP contribution in [0, 0.1) is 0 Å². The van der Waals surface area contributed by atoms with Crippen molar-refractivity contribution in [1.29, 1.82) is 0 Å². The molecule has 7 aromatic carbocycles. The molecule has 7 aromatic rings. The monoisotopic (exact) mass is 698 g/mol. The fraction of sp³-hybridized carbons (Fsp3) is 0.176. The average Bonchev–Trinajstić information content (AvgIpc) is 3.55. The summed E-state index contributed by atoms with van der Waals surface area (Å²) in [5.74, 6) is 1.77. The van der Waals surface area contributed by atoms with Gasteiger partial charge in [-0.15, -0.1) is 0 Å². The number of para-hydroxylation sites is 3. The third kappa shape index (κ3) is 3.97. The zero-order valence-electron chi connectivity index (χ0n) is 31.7. The highest BCUT2D eigenvalue weighted by molar-refractivity contribution is 5.97. The Bertz CT molecular complexity index is 2640. The molecule has 2 aliphatic carbocycles. The Kier molecular flexibility index (Phi) is 6.14. The fourth-order valence-corrected chi connectivity index (χ4v) is 10.3. The number of benzene rings is 7. The second-order valence-electron chi connectivity index (χ2n) is 17.0. The van der Waals surface area contributed by atoms with Gasteiger partial charge in [0.25, 0.3) is 0 Å². The molecule has 4 aliphatic rings. The third-order valence-electron chi connectivity index (χ3n) is 13.0.